The normalized spacial score (nSPS) is 15.3. The summed E-state index contributed by atoms with van der Waals surface area (Å²) in [5.74, 6) is 0.151. The number of morpholine rings is 1. The van der Waals surface area contributed by atoms with E-state index in [0.717, 1.165) is 37.8 Å². The molecular weight excluding hydrogens is 462 g/mol. The number of benzene rings is 1. The van der Waals surface area contributed by atoms with Crippen LogP contribution in [0.15, 0.2) is 29.2 Å². The van der Waals surface area contributed by atoms with Gasteiger partial charge in [-0.2, -0.15) is 16.8 Å². The molecule has 0 amide bonds. The lowest BCUT2D eigenvalue weighted by Gasteiger charge is -2.39. The molecule has 174 valence electrons. The average Bonchev–Trinajstić information content (AvgIpc) is 2.68. The maximum atomic E-state index is 12.6. The van der Waals surface area contributed by atoms with Crippen LogP contribution in [-0.2, 0) is 33.9 Å². The standard InChI is InChI=1S/C14H19NO2S.2CH4O4S/c1-14(2,15-7-9-17-10-8-15)13(16)11-3-5-12(18)6-4-11;2*1-5-6(2,3)4/h3-6,18H,7-10H2,1-2H3;2*1H3,(H,2,3,4). The molecule has 30 heavy (non-hydrogen) atoms. The maximum absolute atomic E-state index is 12.6. The highest BCUT2D eigenvalue weighted by Gasteiger charge is 2.35. The number of thiol groups is 1. The van der Waals surface area contributed by atoms with Crippen LogP contribution >= 0.6 is 12.6 Å². The minimum absolute atomic E-state index is 0.151. The van der Waals surface area contributed by atoms with E-state index in [1.165, 1.54) is 0 Å². The van der Waals surface area contributed by atoms with Crippen LogP contribution < -0.4 is 0 Å². The van der Waals surface area contributed by atoms with E-state index in [9.17, 15) is 21.6 Å². The Hall–Kier alpha value is -1.10. The van der Waals surface area contributed by atoms with Crippen LogP contribution in [0.3, 0.4) is 0 Å². The summed E-state index contributed by atoms with van der Waals surface area (Å²) in [5, 5.41) is 0. The topological polar surface area (TPSA) is 157 Å². The number of ketones is 1. The third kappa shape index (κ3) is 11.9. The fraction of sp³-hybridized carbons (Fsp3) is 0.562. The van der Waals surface area contributed by atoms with Crippen molar-refractivity contribution in [3.63, 3.8) is 0 Å². The van der Waals surface area contributed by atoms with E-state index < -0.39 is 26.3 Å². The number of nitrogens with zero attached hydrogens (tertiary/aromatic N) is 1. The molecule has 0 spiro atoms. The van der Waals surface area contributed by atoms with E-state index in [1.807, 2.05) is 38.1 Å². The summed E-state index contributed by atoms with van der Waals surface area (Å²) in [6.45, 7) is 6.98. The summed E-state index contributed by atoms with van der Waals surface area (Å²) in [5.41, 5.74) is 0.256. The molecule has 0 aromatic heterocycles. The first-order valence-electron chi connectivity index (χ1n) is 8.36. The van der Waals surface area contributed by atoms with E-state index in [0.29, 0.717) is 13.2 Å². The van der Waals surface area contributed by atoms with Gasteiger partial charge in [0.25, 0.3) is 0 Å². The highest BCUT2D eigenvalue weighted by Crippen LogP contribution is 2.22. The highest BCUT2D eigenvalue weighted by atomic mass is 32.3. The van der Waals surface area contributed by atoms with Gasteiger partial charge in [0.05, 0.1) is 33.0 Å². The summed E-state index contributed by atoms with van der Waals surface area (Å²) in [7, 11) is -6.58. The first kappa shape index (κ1) is 28.9. The first-order valence-corrected chi connectivity index (χ1v) is 11.5. The molecule has 0 aliphatic carbocycles. The van der Waals surface area contributed by atoms with Gasteiger partial charge in [0.1, 0.15) is 0 Å². The van der Waals surface area contributed by atoms with Crippen LogP contribution in [0.1, 0.15) is 24.2 Å². The van der Waals surface area contributed by atoms with Crippen LogP contribution in [0, 0.1) is 0 Å². The number of carbonyl (C=O) groups excluding carboxylic acids is 1. The van der Waals surface area contributed by atoms with Crippen molar-refractivity contribution in [2.45, 2.75) is 24.3 Å². The van der Waals surface area contributed by atoms with E-state index >= 15 is 0 Å². The number of hydrogen-bond donors (Lipinski definition) is 3. The Labute approximate surface area is 182 Å². The number of rotatable bonds is 5. The van der Waals surface area contributed by atoms with Crippen molar-refractivity contribution < 1.29 is 43.8 Å². The minimum atomic E-state index is -4.16. The highest BCUT2D eigenvalue weighted by molar-refractivity contribution is 7.81. The van der Waals surface area contributed by atoms with E-state index in [2.05, 4.69) is 25.9 Å². The molecule has 1 aromatic carbocycles. The summed E-state index contributed by atoms with van der Waals surface area (Å²) in [6, 6.07) is 7.39. The number of hydrogen-bond acceptors (Lipinski definition) is 10. The van der Waals surface area contributed by atoms with Gasteiger partial charge in [-0.3, -0.25) is 27.2 Å². The first-order chi connectivity index (χ1) is 13.6. The summed E-state index contributed by atoms with van der Waals surface area (Å²) in [4.78, 5) is 15.6. The predicted molar refractivity (Wildman–Crippen MR) is 112 cm³/mol. The molecule has 2 N–H and O–H groups in total. The average molecular weight is 490 g/mol. The summed E-state index contributed by atoms with van der Waals surface area (Å²) in [6.07, 6.45) is 0. The second kappa shape index (κ2) is 12.7. The third-order valence-electron chi connectivity index (χ3n) is 3.91. The largest absolute Gasteiger partial charge is 0.397 e. The lowest BCUT2D eigenvalue weighted by Crippen LogP contribution is -2.54. The quantitative estimate of drug-likeness (QED) is 0.309. The van der Waals surface area contributed by atoms with Crippen LogP contribution in [-0.4, -0.2) is 82.7 Å². The van der Waals surface area contributed by atoms with Gasteiger partial charge < -0.3 is 4.74 Å². The van der Waals surface area contributed by atoms with Gasteiger partial charge >= 0.3 is 20.8 Å². The molecule has 0 bridgehead atoms. The zero-order valence-electron chi connectivity index (χ0n) is 17.0. The summed E-state index contributed by atoms with van der Waals surface area (Å²) < 4.78 is 64.7. The lowest BCUT2D eigenvalue weighted by molar-refractivity contribution is -0.00430. The Balaban J connectivity index is 0.000000580. The molecule has 1 aliphatic rings. The molecule has 14 heteroatoms. The van der Waals surface area contributed by atoms with Gasteiger partial charge in [-0.15, -0.1) is 12.6 Å². The molecule has 0 unspecified atom stereocenters. The lowest BCUT2D eigenvalue weighted by atomic mass is 9.91. The molecular formula is C16H27NO10S3. The SMILES string of the molecule is CC(C)(C(=O)c1ccc(S)cc1)N1CCOCC1.COS(=O)(=O)O.COS(=O)(=O)O. The van der Waals surface area contributed by atoms with Gasteiger partial charge in [0.15, 0.2) is 5.78 Å². The fourth-order valence-electron chi connectivity index (χ4n) is 2.23. The second-order valence-electron chi connectivity index (χ2n) is 6.22. The molecule has 11 nitrogen and oxygen atoms in total. The van der Waals surface area contributed by atoms with Gasteiger partial charge in [-0.1, -0.05) is 12.1 Å². The molecule has 1 aromatic rings. The van der Waals surface area contributed by atoms with E-state index in [1.54, 1.807) is 0 Å². The predicted octanol–water partition coefficient (Wildman–Crippen LogP) is 1.14. The molecule has 1 saturated heterocycles. The van der Waals surface area contributed by atoms with Crippen molar-refractivity contribution >= 4 is 39.2 Å². The van der Waals surface area contributed by atoms with Crippen LogP contribution in [0.4, 0.5) is 0 Å². The van der Waals surface area contributed by atoms with Crippen LogP contribution in [0.2, 0.25) is 0 Å². The molecule has 1 fully saturated rings. The number of ether oxygens (including phenoxy) is 1. The molecule has 1 heterocycles. The Bertz CT molecular complexity index is 829. The fourth-order valence-corrected chi connectivity index (χ4v) is 2.38. The Morgan fingerprint density at radius 2 is 1.37 bits per heavy atom. The van der Waals surface area contributed by atoms with Crippen LogP contribution in [0.25, 0.3) is 0 Å². The smallest absolute Gasteiger partial charge is 0.379 e. The molecule has 0 saturated carbocycles. The zero-order valence-corrected chi connectivity index (χ0v) is 19.5. The second-order valence-corrected chi connectivity index (χ2v) is 9.12. The zero-order chi connectivity index (χ0) is 23.6. The van der Waals surface area contributed by atoms with Crippen molar-refractivity contribution in [1.29, 1.82) is 0 Å². The van der Waals surface area contributed by atoms with Gasteiger partial charge in [-0.05, 0) is 26.0 Å². The van der Waals surface area contributed by atoms with Gasteiger partial charge in [0.2, 0.25) is 0 Å². The van der Waals surface area contributed by atoms with Crippen molar-refractivity contribution in [2.75, 3.05) is 40.5 Å². The Kier molecular flexibility index (Phi) is 12.2. The maximum Gasteiger partial charge on any atom is 0.397 e. The molecule has 2 rings (SSSR count). The summed E-state index contributed by atoms with van der Waals surface area (Å²) >= 11 is 4.24. The number of Topliss-reactive ketones (excluding diaryl/α,β-unsaturated/α-hetero) is 1. The van der Waals surface area contributed by atoms with E-state index in [4.69, 9.17) is 13.8 Å². The monoisotopic (exact) mass is 489 g/mol. The Morgan fingerprint density at radius 1 is 1.00 bits per heavy atom. The van der Waals surface area contributed by atoms with Gasteiger partial charge in [0, 0.05) is 23.5 Å². The van der Waals surface area contributed by atoms with Gasteiger partial charge in [-0.25, -0.2) is 0 Å². The van der Waals surface area contributed by atoms with E-state index in [-0.39, 0.29) is 5.78 Å². The third-order valence-corrected chi connectivity index (χ3v) is 5.05. The van der Waals surface area contributed by atoms with Crippen molar-refractivity contribution in [1.82, 2.24) is 4.90 Å². The van der Waals surface area contributed by atoms with Crippen molar-refractivity contribution in [3.05, 3.63) is 29.8 Å². The van der Waals surface area contributed by atoms with Crippen LogP contribution in [0.5, 0.6) is 0 Å². The Morgan fingerprint density at radius 3 is 1.70 bits per heavy atom. The van der Waals surface area contributed by atoms with Crippen molar-refractivity contribution in [2.24, 2.45) is 0 Å². The van der Waals surface area contributed by atoms with Crippen molar-refractivity contribution in [3.8, 4) is 0 Å². The minimum Gasteiger partial charge on any atom is -0.379 e. The number of carbonyl (C=O) groups is 1. The molecule has 0 atom stereocenters. The molecule has 0 radical (unpaired) electrons. The molecule has 1 aliphatic heterocycles.